The van der Waals surface area contributed by atoms with Gasteiger partial charge in [0.2, 0.25) is 0 Å². The van der Waals surface area contributed by atoms with Gasteiger partial charge in [-0.25, -0.2) is 4.90 Å². The summed E-state index contributed by atoms with van der Waals surface area (Å²) in [6.45, 7) is 4.29. The maximum atomic E-state index is 12.1. The summed E-state index contributed by atoms with van der Waals surface area (Å²) in [7, 11) is 1.64. The lowest BCUT2D eigenvalue weighted by atomic mass is 9.78. The van der Waals surface area contributed by atoms with E-state index in [0.717, 1.165) is 22.1 Å². The third-order valence-electron chi connectivity index (χ3n) is 7.40. The SMILES string of the molecule is CN(C(=O)/C=C\C=O)c1ccc(Oc2ccc(C(C)(C)c3ccc(Oc4ccc(N5C(=O)C=CC5=O)cc4)cc3)cc2)cc1. The molecule has 5 rings (SSSR count). The molecule has 0 aliphatic carbocycles. The highest BCUT2D eigenvalue weighted by Gasteiger charge is 2.25. The molecule has 0 bridgehead atoms. The summed E-state index contributed by atoms with van der Waals surface area (Å²) in [6.07, 6.45) is 5.45. The molecule has 220 valence electrons. The number of benzene rings is 4. The van der Waals surface area contributed by atoms with Crippen LogP contribution in [-0.4, -0.2) is 31.1 Å². The fraction of sp³-hybridized carbons (Fsp3) is 0.111. The number of rotatable bonds is 10. The molecule has 4 aromatic carbocycles. The van der Waals surface area contributed by atoms with Gasteiger partial charge in [0.25, 0.3) is 17.7 Å². The maximum absolute atomic E-state index is 12.1. The molecule has 0 N–H and O–H groups in total. The number of carbonyl (C=O) groups excluding carboxylic acids is 4. The van der Waals surface area contributed by atoms with E-state index in [4.69, 9.17) is 9.47 Å². The summed E-state index contributed by atoms with van der Waals surface area (Å²) in [5.41, 5.74) is 3.08. The Bertz CT molecular complexity index is 1720. The maximum Gasteiger partial charge on any atom is 0.258 e. The van der Waals surface area contributed by atoms with Gasteiger partial charge in [0.15, 0.2) is 0 Å². The molecule has 8 heteroatoms. The second-order valence-electron chi connectivity index (χ2n) is 10.6. The van der Waals surface area contributed by atoms with Crippen LogP contribution < -0.4 is 19.3 Å². The van der Waals surface area contributed by atoms with Crippen molar-refractivity contribution in [2.75, 3.05) is 16.8 Å². The lowest BCUT2D eigenvalue weighted by Gasteiger charge is -2.26. The van der Waals surface area contributed by atoms with Gasteiger partial charge in [-0.3, -0.25) is 19.2 Å². The van der Waals surface area contributed by atoms with Gasteiger partial charge in [0.05, 0.1) is 5.69 Å². The van der Waals surface area contributed by atoms with Crippen molar-refractivity contribution in [3.8, 4) is 23.0 Å². The molecule has 0 radical (unpaired) electrons. The van der Waals surface area contributed by atoms with Crippen molar-refractivity contribution >= 4 is 35.4 Å². The minimum Gasteiger partial charge on any atom is -0.457 e. The average Bonchev–Trinajstić information content (AvgIpc) is 3.38. The number of allylic oxidation sites excluding steroid dienone is 1. The minimum atomic E-state index is -0.361. The van der Waals surface area contributed by atoms with Gasteiger partial charge in [-0.2, -0.15) is 0 Å². The second-order valence-corrected chi connectivity index (χ2v) is 10.6. The summed E-state index contributed by atoms with van der Waals surface area (Å²) < 4.78 is 12.0. The minimum absolute atomic E-state index is 0.293. The summed E-state index contributed by atoms with van der Waals surface area (Å²) >= 11 is 0. The lowest BCUT2D eigenvalue weighted by molar-refractivity contribution is -0.120. The Labute approximate surface area is 255 Å². The Balaban J connectivity index is 1.20. The van der Waals surface area contributed by atoms with Gasteiger partial charge in [-0.15, -0.1) is 0 Å². The molecule has 1 heterocycles. The standard InChI is InChI=1S/C36H30N2O6/c1-36(2,25-6-14-29(15-7-25)43-31-18-10-27(11-19-31)37(3)33(40)5-4-24-39)26-8-16-30(17-9-26)44-32-20-12-28(13-21-32)38-34(41)22-23-35(38)42/h4-24H,1-3H3/b5-4-. The molecule has 0 saturated heterocycles. The van der Waals surface area contributed by atoms with Crippen molar-refractivity contribution in [1.82, 2.24) is 0 Å². The zero-order chi connectivity index (χ0) is 31.3. The van der Waals surface area contributed by atoms with Gasteiger partial charge in [0, 0.05) is 36.4 Å². The van der Waals surface area contributed by atoms with E-state index in [2.05, 4.69) is 13.8 Å². The lowest BCUT2D eigenvalue weighted by Crippen LogP contribution is -2.29. The van der Waals surface area contributed by atoms with E-state index in [9.17, 15) is 19.2 Å². The van der Waals surface area contributed by atoms with Crippen LogP contribution in [0.1, 0.15) is 25.0 Å². The van der Waals surface area contributed by atoms with Gasteiger partial charge in [-0.1, -0.05) is 38.1 Å². The number of amides is 3. The highest BCUT2D eigenvalue weighted by molar-refractivity contribution is 6.28. The highest BCUT2D eigenvalue weighted by atomic mass is 16.5. The molecule has 0 fully saturated rings. The van der Waals surface area contributed by atoms with E-state index >= 15 is 0 Å². The number of imide groups is 1. The Hall–Kier alpha value is -5.76. The van der Waals surface area contributed by atoms with Crippen LogP contribution in [0.3, 0.4) is 0 Å². The fourth-order valence-corrected chi connectivity index (χ4v) is 4.73. The van der Waals surface area contributed by atoms with Gasteiger partial charge in [0.1, 0.15) is 29.3 Å². The van der Waals surface area contributed by atoms with Crippen molar-refractivity contribution in [3.63, 3.8) is 0 Å². The number of likely N-dealkylation sites (N-methyl/N-ethyl adjacent to an activating group) is 1. The topological polar surface area (TPSA) is 93.2 Å². The number of anilines is 2. The smallest absolute Gasteiger partial charge is 0.258 e. The van der Waals surface area contributed by atoms with Crippen molar-refractivity contribution in [3.05, 3.63) is 132 Å². The molecule has 44 heavy (non-hydrogen) atoms. The molecule has 0 saturated carbocycles. The third kappa shape index (κ3) is 6.50. The Morgan fingerprint density at radius 3 is 1.52 bits per heavy atom. The summed E-state index contributed by atoms with van der Waals surface area (Å²) in [5, 5.41) is 0. The Kier molecular flexibility index (Phi) is 8.53. The Morgan fingerprint density at radius 2 is 1.09 bits per heavy atom. The van der Waals surface area contributed by atoms with Crippen molar-refractivity contribution in [2.24, 2.45) is 0 Å². The van der Waals surface area contributed by atoms with Gasteiger partial charge >= 0.3 is 0 Å². The monoisotopic (exact) mass is 586 g/mol. The molecule has 0 unspecified atom stereocenters. The molecule has 4 aromatic rings. The molecular weight excluding hydrogens is 556 g/mol. The number of hydrogen-bond acceptors (Lipinski definition) is 6. The number of ether oxygens (including phenoxy) is 2. The predicted octanol–water partition coefficient (Wildman–Crippen LogP) is 6.74. The van der Waals surface area contributed by atoms with Crippen LogP contribution >= 0.6 is 0 Å². The third-order valence-corrected chi connectivity index (χ3v) is 7.40. The molecule has 1 aliphatic heterocycles. The molecule has 3 amide bonds. The molecular formula is C36H30N2O6. The normalized spacial score (nSPS) is 12.9. The average molecular weight is 587 g/mol. The number of aldehydes is 1. The van der Waals surface area contributed by atoms with E-state index in [0.29, 0.717) is 40.7 Å². The van der Waals surface area contributed by atoms with Crippen LogP contribution in [-0.2, 0) is 24.6 Å². The van der Waals surface area contributed by atoms with Crippen LogP contribution in [0.25, 0.3) is 0 Å². The van der Waals surface area contributed by atoms with E-state index in [1.807, 2.05) is 48.5 Å². The first-order valence-electron chi connectivity index (χ1n) is 13.9. The first kappa shape index (κ1) is 29.7. The largest absolute Gasteiger partial charge is 0.457 e. The van der Waals surface area contributed by atoms with Crippen LogP contribution in [0.15, 0.2) is 121 Å². The van der Waals surface area contributed by atoms with Crippen molar-refractivity contribution in [2.45, 2.75) is 19.3 Å². The first-order chi connectivity index (χ1) is 21.2. The predicted molar refractivity (Wildman–Crippen MR) is 168 cm³/mol. The zero-order valence-corrected chi connectivity index (χ0v) is 24.5. The van der Waals surface area contributed by atoms with Crippen LogP contribution in [0.5, 0.6) is 23.0 Å². The van der Waals surface area contributed by atoms with Gasteiger partial charge in [-0.05, 0) is 90.0 Å². The molecule has 0 spiro atoms. The molecule has 0 atom stereocenters. The number of hydrogen-bond donors (Lipinski definition) is 0. The number of carbonyl (C=O) groups is 4. The van der Waals surface area contributed by atoms with E-state index in [-0.39, 0.29) is 23.1 Å². The zero-order valence-electron chi connectivity index (χ0n) is 24.5. The highest BCUT2D eigenvalue weighted by Crippen LogP contribution is 2.35. The van der Waals surface area contributed by atoms with Crippen LogP contribution in [0.2, 0.25) is 0 Å². The molecule has 8 nitrogen and oxygen atoms in total. The number of nitrogens with zero attached hydrogens (tertiary/aromatic N) is 2. The fourth-order valence-electron chi connectivity index (χ4n) is 4.73. The van der Waals surface area contributed by atoms with Crippen LogP contribution in [0.4, 0.5) is 11.4 Å². The van der Waals surface area contributed by atoms with Crippen LogP contribution in [0, 0.1) is 0 Å². The van der Waals surface area contributed by atoms with E-state index < -0.39 is 0 Å². The van der Waals surface area contributed by atoms with E-state index in [1.54, 1.807) is 55.6 Å². The van der Waals surface area contributed by atoms with Crippen molar-refractivity contribution in [1.29, 1.82) is 0 Å². The first-order valence-corrected chi connectivity index (χ1v) is 13.9. The summed E-state index contributed by atoms with van der Waals surface area (Å²) in [5.74, 6) is 1.54. The van der Waals surface area contributed by atoms with E-state index in [1.165, 1.54) is 23.1 Å². The quantitative estimate of drug-likeness (QED) is 0.116. The second kappa shape index (κ2) is 12.6. The van der Waals surface area contributed by atoms with Gasteiger partial charge < -0.3 is 14.4 Å². The summed E-state index contributed by atoms with van der Waals surface area (Å²) in [4.78, 5) is 48.9. The Morgan fingerprint density at radius 1 is 0.682 bits per heavy atom. The summed E-state index contributed by atoms with van der Waals surface area (Å²) in [6, 6.07) is 29.7. The molecule has 1 aliphatic rings. The van der Waals surface area contributed by atoms with Crippen molar-refractivity contribution < 1.29 is 28.7 Å². The molecule has 0 aromatic heterocycles.